The van der Waals surface area contributed by atoms with E-state index >= 15 is 0 Å². The van der Waals surface area contributed by atoms with Gasteiger partial charge in [0.05, 0.1) is 5.52 Å². The molecule has 2 heterocycles. The minimum absolute atomic E-state index is 0.618. The van der Waals surface area contributed by atoms with E-state index in [-0.39, 0.29) is 0 Å². The van der Waals surface area contributed by atoms with Crippen molar-refractivity contribution < 1.29 is 0 Å². The lowest BCUT2D eigenvalue weighted by atomic mass is 10.3. The molecule has 1 N–H and O–H groups in total. The fraction of sp³-hybridized carbons (Fsp3) is 0.286. The molecule has 0 bridgehead atoms. The van der Waals surface area contributed by atoms with Gasteiger partial charge in [0.25, 0.3) is 0 Å². The average Bonchev–Trinajstić information content (AvgIpc) is 2.90. The molecule has 2 aromatic heterocycles. The summed E-state index contributed by atoms with van der Waals surface area (Å²) in [6.07, 6.45) is 2.83. The molecule has 3 rings (SSSR count). The second kappa shape index (κ2) is 5.24. The van der Waals surface area contributed by atoms with Crippen LogP contribution in [0.15, 0.2) is 30.5 Å². The van der Waals surface area contributed by atoms with Crippen molar-refractivity contribution in [3.05, 3.63) is 36.0 Å². The van der Waals surface area contributed by atoms with E-state index in [4.69, 9.17) is 0 Å². The lowest BCUT2D eigenvalue weighted by Crippen LogP contribution is -2.09. The van der Waals surface area contributed by atoms with Gasteiger partial charge in [-0.2, -0.15) is 9.67 Å². The fourth-order valence-corrected chi connectivity index (χ4v) is 1.99. The van der Waals surface area contributed by atoms with Crippen molar-refractivity contribution in [2.45, 2.75) is 20.3 Å². The highest BCUT2D eigenvalue weighted by Gasteiger charge is 2.11. The van der Waals surface area contributed by atoms with Gasteiger partial charge in [0.15, 0.2) is 5.82 Å². The van der Waals surface area contributed by atoms with Gasteiger partial charge in [0.2, 0.25) is 5.95 Å². The van der Waals surface area contributed by atoms with Crippen LogP contribution in [-0.2, 0) is 0 Å². The first-order valence-electron chi connectivity index (χ1n) is 6.68. The normalized spacial score (nSPS) is 10.9. The Morgan fingerprint density at radius 3 is 2.95 bits per heavy atom. The van der Waals surface area contributed by atoms with E-state index in [1.165, 1.54) is 0 Å². The topological polar surface area (TPSA) is 68.5 Å². The van der Waals surface area contributed by atoms with Gasteiger partial charge in [0, 0.05) is 18.3 Å². The number of fused-ring (bicyclic) bond motifs is 1. The summed E-state index contributed by atoms with van der Waals surface area (Å²) in [4.78, 5) is 8.82. The van der Waals surface area contributed by atoms with Crippen LogP contribution in [-0.4, -0.2) is 31.5 Å². The first-order chi connectivity index (χ1) is 9.79. The van der Waals surface area contributed by atoms with Crippen LogP contribution in [0.2, 0.25) is 0 Å². The Bertz CT molecular complexity index is 733. The Labute approximate surface area is 116 Å². The third kappa shape index (κ3) is 2.20. The van der Waals surface area contributed by atoms with E-state index in [2.05, 4.69) is 32.5 Å². The quantitative estimate of drug-likeness (QED) is 0.786. The van der Waals surface area contributed by atoms with Crippen LogP contribution in [0.3, 0.4) is 0 Å². The Kier molecular flexibility index (Phi) is 3.28. The molecule has 0 saturated heterocycles. The summed E-state index contributed by atoms with van der Waals surface area (Å²) in [5.41, 5.74) is 2.76. The number of anilines is 1. The Hall–Kier alpha value is -2.50. The zero-order chi connectivity index (χ0) is 13.9. The van der Waals surface area contributed by atoms with Gasteiger partial charge in [0.1, 0.15) is 5.52 Å². The van der Waals surface area contributed by atoms with Crippen LogP contribution in [0.5, 0.6) is 0 Å². The fourth-order valence-electron chi connectivity index (χ4n) is 1.99. The maximum atomic E-state index is 4.54. The summed E-state index contributed by atoms with van der Waals surface area (Å²) in [6, 6.07) is 7.83. The minimum Gasteiger partial charge on any atom is -0.354 e. The third-order valence-corrected chi connectivity index (χ3v) is 3.03. The van der Waals surface area contributed by atoms with Crippen molar-refractivity contribution in [2.75, 3.05) is 11.9 Å². The second-order valence-corrected chi connectivity index (χ2v) is 4.62. The SMILES string of the molecule is CCCNc1ncc(C)c(-n2nnc3ccccc32)n1. The molecular weight excluding hydrogens is 252 g/mol. The molecule has 0 spiro atoms. The summed E-state index contributed by atoms with van der Waals surface area (Å²) in [5, 5.41) is 11.5. The smallest absolute Gasteiger partial charge is 0.224 e. The molecule has 0 radical (unpaired) electrons. The Morgan fingerprint density at radius 1 is 1.25 bits per heavy atom. The number of hydrogen-bond acceptors (Lipinski definition) is 5. The number of benzene rings is 1. The van der Waals surface area contributed by atoms with Gasteiger partial charge < -0.3 is 5.32 Å². The first kappa shape index (κ1) is 12.5. The maximum Gasteiger partial charge on any atom is 0.224 e. The molecule has 0 aliphatic carbocycles. The average molecular weight is 268 g/mol. The molecule has 3 aromatic rings. The van der Waals surface area contributed by atoms with Crippen molar-refractivity contribution >= 4 is 17.0 Å². The van der Waals surface area contributed by atoms with Gasteiger partial charge in [-0.1, -0.05) is 24.3 Å². The van der Waals surface area contributed by atoms with E-state index in [9.17, 15) is 0 Å². The number of rotatable bonds is 4. The van der Waals surface area contributed by atoms with E-state index < -0.39 is 0 Å². The van der Waals surface area contributed by atoms with Crippen LogP contribution < -0.4 is 5.32 Å². The molecule has 0 fully saturated rings. The molecule has 0 saturated carbocycles. The standard InChI is InChI=1S/C14H16N6/c1-3-8-15-14-16-9-10(2)13(17-14)20-12-7-5-4-6-11(12)18-19-20/h4-7,9H,3,8H2,1-2H3,(H,15,16,17). The van der Waals surface area contributed by atoms with Crippen molar-refractivity contribution in [1.82, 2.24) is 25.0 Å². The largest absolute Gasteiger partial charge is 0.354 e. The summed E-state index contributed by atoms with van der Waals surface area (Å²) < 4.78 is 1.75. The number of aryl methyl sites for hydroxylation is 1. The van der Waals surface area contributed by atoms with E-state index in [0.29, 0.717) is 5.95 Å². The van der Waals surface area contributed by atoms with Crippen LogP contribution in [0.1, 0.15) is 18.9 Å². The molecular formula is C14H16N6. The van der Waals surface area contributed by atoms with Gasteiger partial charge in [-0.3, -0.25) is 0 Å². The van der Waals surface area contributed by atoms with Crippen LogP contribution >= 0.6 is 0 Å². The monoisotopic (exact) mass is 268 g/mol. The zero-order valence-electron chi connectivity index (χ0n) is 11.5. The van der Waals surface area contributed by atoms with Crippen molar-refractivity contribution in [3.8, 4) is 5.82 Å². The minimum atomic E-state index is 0.618. The molecule has 0 unspecified atom stereocenters. The van der Waals surface area contributed by atoms with Crippen LogP contribution in [0.4, 0.5) is 5.95 Å². The number of aromatic nitrogens is 5. The van der Waals surface area contributed by atoms with Crippen LogP contribution in [0.25, 0.3) is 16.9 Å². The van der Waals surface area contributed by atoms with Crippen molar-refractivity contribution in [1.29, 1.82) is 0 Å². The number of para-hydroxylation sites is 1. The molecule has 6 nitrogen and oxygen atoms in total. The lowest BCUT2D eigenvalue weighted by Gasteiger charge is -2.08. The molecule has 0 atom stereocenters. The van der Waals surface area contributed by atoms with E-state index in [0.717, 1.165) is 35.4 Å². The van der Waals surface area contributed by atoms with Crippen molar-refractivity contribution in [2.24, 2.45) is 0 Å². The van der Waals surface area contributed by atoms with Crippen molar-refractivity contribution in [3.63, 3.8) is 0 Å². The number of nitrogens with zero attached hydrogens (tertiary/aromatic N) is 5. The maximum absolute atomic E-state index is 4.54. The summed E-state index contributed by atoms with van der Waals surface area (Å²) in [6.45, 7) is 4.92. The third-order valence-electron chi connectivity index (χ3n) is 3.03. The molecule has 0 aliphatic rings. The molecule has 0 aliphatic heterocycles. The summed E-state index contributed by atoms with van der Waals surface area (Å²) in [7, 11) is 0. The van der Waals surface area contributed by atoms with Gasteiger partial charge in [-0.25, -0.2) is 4.98 Å². The van der Waals surface area contributed by atoms with Gasteiger partial charge in [-0.15, -0.1) is 5.10 Å². The molecule has 1 aromatic carbocycles. The Balaban J connectivity index is 2.08. The van der Waals surface area contributed by atoms with Gasteiger partial charge in [-0.05, 0) is 25.5 Å². The predicted molar refractivity (Wildman–Crippen MR) is 78.0 cm³/mol. The molecule has 6 heteroatoms. The zero-order valence-corrected chi connectivity index (χ0v) is 11.5. The molecule has 102 valence electrons. The highest BCUT2D eigenvalue weighted by atomic mass is 15.4. The van der Waals surface area contributed by atoms with E-state index in [1.807, 2.05) is 31.2 Å². The second-order valence-electron chi connectivity index (χ2n) is 4.62. The molecule has 20 heavy (non-hydrogen) atoms. The number of nitrogens with one attached hydrogen (secondary N) is 1. The Morgan fingerprint density at radius 2 is 2.10 bits per heavy atom. The predicted octanol–water partition coefficient (Wildman–Crippen LogP) is 2.34. The first-order valence-corrected chi connectivity index (χ1v) is 6.68. The van der Waals surface area contributed by atoms with Gasteiger partial charge >= 0.3 is 0 Å². The highest BCUT2D eigenvalue weighted by Crippen LogP contribution is 2.17. The highest BCUT2D eigenvalue weighted by molar-refractivity contribution is 5.75. The summed E-state index contributed by atoms with van der Waals surface area (Å²) in [5.74, 6) is 1.37. The van der Waals surface area contributed by atoms with Crippen LogP contribution in [0, 0.1) is 6.92 Å². The van der Waals surface area contributed by atoms with E-state index in [1.54, 1.807) is 10.9 Å². The summed E-state index contributed by atoms with van der Waals surface area (Å²) >= 11 is 0. The lowest BCUT2D eigenvalue weighted by molar-refractivity contribution is 0.789. The molecule has 0 amide bonds. The number of hydrogen-bond donors (Lipinski definition) is 1.